The lowest BCUT2D eigenvalue weighted by atomic mass is 9.76. The van der Waals surface area contributed by atoms with Gasteiger partial charge in [0.15, 0.2) is 0 Å². The van der Waals surface area contributed by atoms with E-state index < -0.39 is 5.97 Å². The van der Waals surface area contributed by atoms with Gasteiger partial charge in [0.2, 0.25) is 5.91 Å². The van der Waals surface area contributed by atoms with Crippen LogP contribution in [0.25, 0.3) is 0 Å². The molecule has 0 aromatic carbocycles. The monoisotopic (exact) mass is 283 g/mol. The Bertz CT molecular complexity index is 324. The van der Waals surface area contributed by atoms with Crippen molar-refractivity contribution >= 4 is 11.9 Å². The molecule has 1 rings (SSSR count). The molecule has 116 valence electrons. The van der Waals surface area contributed by atoms with Gasteiger partial charge in [0.25, 0.3) is 0 Å². The van der Waals surface area contributed by atoms with Gasteiger partial charge in [-0.05, 0) is 37.5 Å². The van der Waals surface area contributed by atoms with Gasteiger partial charge in [-0.15, -0.1) is 0 Å². The summed E-state index contributed by atoms with van der Waals surface area (Å²) in [5.74, 6) is -0.568. The Balaban J connectivity index is 2.36. The second-order valence-electron chi connectivity index (χ2n) is 6.04. The van der Waals surface area contributed by atoms with Gasteiger partial charge in [-0.1, -0.05) is 26.7 Å². The maximum atomic E-state index is 12.2. The zero-order chi connectivity index (χ0) is 15.0. The highest BCUT2D eigenvalue weighted by molar-refractivity contribution is 5.76. The van der Waals surface area contributed by atoms with Crippen molar-refractivity contribution in [3.8, 4) is 0 Å². The number of rotatable bonds is 7. The molecule has 1 saturated heterocycles. The van der Waals surface area contributed by atoms with Crippen molar-refractivity contribution in [3.05, 3.63) is 0 Å². The summed E-state index contributed by atoms with van der Waals surface area (Å²) in [4.78, 5) is 24.6. The number of amides is 1. The largest absolute Gasteiger partial charge is 0.481 e. The van der Waals surface area contributed by atoms with Crippen LogP contribution in [0, 0.1) is 5.41 Å². The second kappa shape index (κ2) is 8.28. The molecule has 4 heteroatoms. The number of aliphatic carboxylic acids is 1. The van der Waals surface area contributed by atoms with E-state index in [-0.39, 0.29) is 12.3 Å². The van der Waals surface area contributed by atoms with Crippen molar-refractivity contribution in [1.29, 1.82) is 0 Å². The summed E-state index contributed by atoms with van der Waals surface area (Å²) >= 11 is 0. The first-order valence-corrected chi connectivity index (χ1v) is 8.02. The van der Waals surface area contributed by atoms with Crippen LogP contribution in [0.15, 0.2) is 0 Å². The van der Waals surface area contributed by atoms with E-state index in [9.17, 15) is 9.59 Å². The average Bonchev–Trinajstić information content (AvgIpc) is 2.66. The molecule has 1 fully saturated rings. The van der Waals surface area contributed by atoms with E-state index in [4.69, 9.17) is 5.11 Å². The van der Waals surface area contributed by atoms with Gasteiger partial charge in [0, 0.05) is 25.9 Å². The van der Waals surface area contributed by atoms with Gasteiger partial charge in [0.05, 0.1) is 0 Å². The maximum absolute atomic E-state index is 12.2. The molecule has 0 aromatic rings. The predicted molar refractivity (Wildman–Crippen MR) is 79.5 cm³/mol. The molecule has 1 aliphatic heterocycles. The zero-order valence-electron chi connectivity index (χ0n) is 13.0. The van der Waals surface area contributed by atoms with Gasteiger partial charge in [-0.25, -0.2) is 0 Å². The molecule has 0 radical (unpaired) electrons. The third kappa shape index (κ3) is 5.14. The molecule has 4 nitrogen and oxygen atoms in total. The number of likely N-dealkylation sites (tertiary alicyclic amines) is 1. The van der Waals surface area contributed by atoms with Crippen LogP contribution in [0.2, 0.25) is 0 Å². The molecular weight excluding hydrogens is 254 g/mol. The smallest absolute Gasteiger partial charge is 0.303 e. The minimum absolute atomic E-state index is 0.169. The summed E-state index contributed by atoms with van der Waals surface area (Å²) in [6.45, 7) is 6.26. The third-order valence-corrected chi connectivity index (χ3v) is 4.93. The van der Waals surface area contributed by atoms with Crippen molar-refractivity contribution in [2.45, 2.75) is 71.6 Å². The van der Waals surface area contributed by atoms with Crippen molar-refractivity contribution in [2.24, 2.45) is 5.41 Å². The van der Waals surface area contributed by atoms with E-state index in [0.29, 0.717) is 24.7 Å². The van der Waals surface area contributed by atoms with Crippen LogP contribution in [0.4, 0.5) is 0 Å². The molecule has 20 heavy (non-hydrogen) atoms. The Morgan fingerprint density at radius 3 is 2.30 bits per heavy atom. The summed E-state index contributed by atoms with van der Waals surface area (Å²) in [7, 11) is 0. The molecule has 0 aliphatic carbocycles. The number of carbonyl (C=O) groups is 2. The summed E-state index contributed by atoms with van der Waals surface area (Å²) in [5.41, 5.74) is 0.429. The molecule has 0 atom stereocenters. The first-order valence-electron chi connectivity index (χ1n) is 8.02. The van der Waals surface area contributed by atoms with Gasteiger partial charge in [0.1, 0.15) is 0 Å². The Kier molecular flexibility index (Phi) is 7.03. The molecule has 0 saturated carbocycles. The number of unbranched alkanes of at least 4 members (excludes halogenated alkanes) is 1. The Morgan fingerprint density at radius 1 is 1.05 bits per heavy atom. The predicted octanol–water partition coefficient (Wildman–Crippen LogP) is 3.45. The van der Waals surface area contributed by atoms with Gasteiger partial charge in [-0.2, -0.15) is 0 Å². The van der Waals surface area contributed by atoms with Crippen molar-refractivity contribution in [3.63, 3.8) is 0 Å². The highest BCUT2D eigenvalue weighted by Gasteiger charge is 2.30. The van der Waals surface area contributed by atoms with Crippen LogP contribution in [0.1, 0.15) is 71.6 Å². The molecular formula is C16H29NO3. The standard InChI is InChI=1S/C16H29NO3/c1-3-16(4-2)10-7-12-17(13-11-16)14(18)8-5-6-9-15(19)20/h3-13H2,1-2H3,(H,19,20). The average molecular weight is 283 g/mol. The van der Waals surface area contributed by atoms with Gasteiger partial charge >= 0.3 is 5.97 Å². The fourth-order valence-electron chi connectivity index (χ4n) is 3.17. The fraction of sp³-hybridized carbons (Fsp3) is 0.875. The van der Waals surface area contributed by atoms with Crippen molar-refractivity contribution in [1.82, 2.24) is 4.90 Å². The first-order chi connectivity index (χ1) is 9.53. The van der Waals surface area contributed by atoms with E-state index in [2.05, 4.69) is 13.8 Å². The Labute approximate surface area is 122 Å². The second-order valence-corrected chi connectivity index (χ2v) is 6.04. The van der Waals surface area contributed by atoms with E-state index in [0.717, 1.165) is 25.9 Å². The highest BCUT2D eigenvalue weighted by Crippen LogP contribution is 2.37. The number of nitrogens with zero attached hydrogens (tertiary/aromatic N) is 1. The number of hydrogen-bond donors (Lipinski definition) is 1. The van der Waals surface area contributed by atoms with Crippen LogP contribution in [-0.4, -0.2) is 35.0 Å². The Morgan fingerprint density at radius 2 is 1.70 bits per heavy atom. The van der Waals surface area contributed by atoms with Crippen LogP contribution in [0.5, 0.6) is 0 Å². The SMILES string of the molecule is CCC1(CC)CCCN(C(=O)CCCCC(=O)O)CC1. The number of carboxylic acid groups (broad SMARTS) is 1. The van der Waals surface area contributed by atoms with E-state index >= 15 is 0 Å². The molecule has 0 aromatic heterocycles. The first kappa shape index (κ1) is 17.0. The molecule has 0 spiro atoms. The number of carboxylic acids is 1. The lowest BCUT2D eigenvalue weighted by Gasteiger charge is -2.30. The van der Waals surface area contributed by atoms with Crippen LogP contribution < -0.4 is 0 Å². The van der Waals surface area contributed by atoms with E-state index in [1.165, 1.54) is 19.3 Å². The molecule has 1 amide bonds. The maximum Gasteiger partial charge on any atom is 0.303 e. The van der Waals surface area contributed by atoms with E-state index in [1.54, 1.807) is 0 Å². The Hall–Kier alpha value is -1.06. The van der Waals surface area contributed by atoms with Gasteiger partial charge in [-0.3, -0.25) is 9.59 Å². The number of carbonyl (C=O) groups excluding carboxylic acids is 1. The molecule has 0 bridgehead atoms. The summed E-state index contributed by atoms with van der Waals surface area (Å²) < 4.78 is 0. The molecule has 1 heterocycles. The summed E-state index contributed by atoms with van der Waals surface area (Å²) in [5, 5.41) is 8.58. The zero-order valence-corrected chi connectivity index (χ0v) is 13.0. The molecule has 0 unspecified atom stereocenters. The van der Waals surface area contributed by atoms with Crippen molar-refractivity contribution < 1.29 is 14.7 Å². The topological polar surface area (TPSA) is 57.6 Å². The van der Waals surface area contributed by atoms with Crippen molar-refractivity contribution in [2.75, 3.05) is 13.1 Å². The lowest BCUT2D eigenvalue weighted by molar-refractivity contribution is -0.137. The molecule has 1 N–H and O–H groups in total. The minimum atomic E-state index is -0.775. The lowest BCUT2D eigenvalue weighted by Crippen LogP contribution is -2.32. The van der Waals surface area contributed by atoms with Crippen LogP contribution in [-0.2, 0) is 9.59 Å². The number of hydrogen-bond acceptors (Lipinski definition) is 2. The van der Waals surface area contributed by atoms with Crippen LogP contribution >= 0.6 is 0 Å². The molecule has 1 aliphatic rings. The van der Waals surface area contributed by atoms with E-state index in [1.807, 2.05) is 4.90 Å². The normalized spacial score (nSPS) is 18.6. The summed E-state index contributed by atoms with van der Waals surface area (Å²) in [6, 6.07) is 0. The fourth-order valence-corrected chi connectivity index (χ4v) is 3.17. The van der Waals surface area contributed by atoms with Gasteiger partial charge < -0.3 is 10.0 Å². The quantitative estimate of drug-likeness (QED) is 0.728. The summed E-state index contributed by atoms with van der Waals surface area (Å²) in [6.07, 6.45) is 7.79. The van der Waals surface area contributed by atoms with Crippen LogP contribution in [0.3, 0.4) is 0 Å². The highest BCUT2D eigenvalue weighted by atomic mass is 16.4. The third-order valence-electron chi connectivity index (χ3n) is 4.93. The minimum Gasteiger partial charge on any atom is -0.481 e.